The van der Waals surface area contributed by atoms with Crippen LogP contribution in [0.5, 0.6) is 0 Å². The van der Waals surface area contributed by atoms with Crippen molar-refractivity contribution in [1.29, 1.82) is 5.41 Å². The average Bonchev–Trinajstić information content (AvgIpc) is 2.53. The van der Waals surface area contributed by atoms with Gasteiger partial charge in [0.15, 0.2) is 0 Å². The second-order valence-corrected chi connectivity index (χ2v) is 6.16. The van der Waals surface area contributed by atoms with Gasteiger partial charge in [0.25, 0.3) is 5.91 Å². The first-order valence-electron chi connectivity index (χ1n) is 7.79. The van der Waals surface area contributed by atoms with Crippen LogP contribution in [-0.4, -0.2) is 42.0 Å². The zero-order valence-corrected chi connectivity index (χ0v) is 15.2. The third-order valence-corrected chi connectivity index (χ3v) is 3.64. The second-order valence-electron chi connectivity index (χ2n) is 5.75. The van der Waals surface area contributed by atoms with E-state index in [1.165, 1.54) is 4.90 Å². The predicted octanol–water partition coefficient (Wildman–Crippen LogP) is 3.52. The van der Waals surface area contributed by atoms with Crippen LogP contribution >= 0.6 is 11.6 Å². The van der Waals surface area contributed by atoms with E-state index in [9.17, 15) is 18.0 Å². The highest BCUT2D eigenvalue weighted by Gasteiger charge is 2.33. The number of rotatable bonds is 8. The fraction of sp³-hybridized carbons (Fsp3) is 0.412. The summed E-state index contributed by atoms with van der Waals surface area (Å²) in [6, 6.07) is 6.79. The zero-order valence-electron chi connectivity index (χ0n) is 14.4. The molecule has 0 spiro atoms. The number of benzene rings is 1. The number of hydrogen-bond acceptors (Lipinski definition) is 4. The Labute approximate surface area is 155 Å². The molecule has 0 radical (unpaired) electrons. The molecule has 26 heavy (non-hydrogen) atoms. The first-order valence-corrected chi connectivity index (χ1v) is 8.17. The maximum absolute atomic E-state index is 12.5. The molecule has 0 aliphatic rings. The summed E-state index contributed by atoms with van der Waals surface area (Å²) in [7, 11) is 0. The quantitative estimate of drug-likeness (QED) is 0.525. The van der Waals surface area contributed by atoms with Crippen molar-refractivity contribution in [3.63, 3.8) is 0 Å². The fourth-order valence-corrected chi connectivity index (χ4v) is 2.16. The van der Waals surface area contributed by atoms with E-state index in [0.29, 0.717) is 16.7 Å². The Bertz CT molecular complexity index is 675. The molecule has 0 atom stereocenters. The Kier molecular flexibility index (Phi) is 8.10. The third-order valence-electron chi connectivity index (χ3n) is 3.27. The van der Waals surface area contributed by atoms with E-state index in [2.05, 4.69) is 0 Å². The van der Waals surface area contributed by atoms with Crippen LogP contribution in [0.1, 0.15) is 19.4 Å². The minimum Gasteiger partial charge on any atom is -0.394 e. The molecule has 144 valence electrons. The van der Waals surface area contributed by atoms with E-state index in [1.54, 1.807) is 24.3 Å². The van der Waals surface area contributed by atoms with Crippen LogP contribution in [0.2, 0.25) is 5.02 Å². The Hall–Kier alpha value is -2.06. The Morgan fingerprint density at radius 1 is 1.38 bits per heavy atom. The number of halogens is 4. The molecule has 1 aromatic rings. The molecule has 1 amide bonds. The SMILES string of the molecule is CC(C)OCCN(Cc1ccccc1Cl)C(=O)/C(N)=C/C(=N)C(F)(F)F. The number of hydrogen-bond donors (Lipinski definition) is 2. The Balaban J connectivity index is 2.99. The molecule has 0 aliphatic heterocycles. The lowest BCUT2D eigenvalue weighted by atomic mass is 10.2. The third kappa shape index (κ3) is 7.05. The van der Waals surface area contributed by atoms with E-state index in [1.807, 2.05) is 13.8 Å². The summed E-state index contributed by atoms with van der Waals surface area (Å²) in [6.45, 7) is 3.97. The summed E-state index contributed by atoms with van der Waals surface area (Å²) in [6.07, 6.45) is -4.64. The van der Waals surface area contributed by atoms with Crippen LogP contribution in [0.4, 0.5) is 13.2 Å². The van der Waals surface area contributed by atoms with Crippen molar-refractivity contribution in [2.45, 2.75) is 32.7 Å². The summed E-state index contributed by atoms with van der Waals surface area (Å²) in [5.74, 6) is -0.828. The van der Waals surface area contributed by atoms with Crippen molar-refractivity contribution in [2.24, 2.45) is 5.73 Å². The lowest BCUT2D eigenvalue weighted by Crippen LogP contribution is -2.37. The molecule has 3 N–H and O–H groups in total. The smallest absolute Gasteiger partial charge is 0.394 e. The molecular weight excluding hydrogens is 371 g/mol. The van der Waals surface area contributed by atoms with E-state index < -0.39 is 23.5 Å². The molecule has 0 saturated heterocycles. The summed E-state index contributed by atoms with van der Waals surface area (Å²) >= 11 is 6.08. The monoisotopic (exact) mass is 391 g/mol. The van der Waals surface area contributed by atoms with E-state index in [4.69, 9.17) is 27.5 Å². The largest absolute Gasteiger partial charge is 0.432 e. The second kappa shape index (κ2) is 9.59. The number of ether oxygens (including phenoxy) is 1. The minimum absolute atomic E-state index is 0.0495. The molecule has 5 nitrogen and oxygen atoms in total. The molecule has 0 fully saturated rings. The molecule has 0 unspecified atom stereocenters. The van der Waals surface area contributed by atoms with Gasteiger partial charge in [-0.25, -0.2) is 0 Å². The Morgan fingerprint density at radius 3 is 2.54 bits per heavy atom. The fourth-order valence-electron chi connectivity index (χ4n) is 1.96. The molecule has 9 heteroatoms. The number of carbonyl (C=O) groups is 1. The first kappa shape index (κ1) is 22.0. The topological polar surface area (TPSA) is 79.4 Å². The highest BCUT2D eigenvalue weighted by Crippen LogP contribution is 2.19. The number of nitrogens with two attached hydrogens (primary N) is 1. The number of allylic oxidation sites excluding steroid dienone is 1. The van der Waals surface area contributed by atoms with Gasteiger partial charge < -0.3 is 15.4 Å². The summed E-state index contributed by atoms with van der Waals surface area (Å²) in [5.41, 5.74) is 3.74. The van der Waals surface area contributed by atoms with Crippen LogP contribution in [0.15, 0.2) is 36.0 Å². The van der Waals surface area contributed by atoms with Crippen LogP contribution in [0, 0.1) is 5.41 Å². The molecule has 0 heterocycles. The summed E-state index contributed by atoms with van der Waals surface area (Å²) in [5, 5.41) is 7.37. The zero-order chi connectivity index (χ0) is 19.9. The van der Waals surface area contributed by atoms with E-state index in [0.717, 1.165) is 0 Å². The van der Waals surface area contributed by atoms with Gasteiger partial charge in [-0.2, -0.15) is 13.2 Å². The van der Waals surface area contributed by atoms with Crippen LogP contribution < -0.4 is 5.73 Å². The number of carbonyl (C=O) groups excluding carboxylic acids is 1. The highest BCUT2D eigenvalue weighted by molar-refractivity contribution is 6.31. The molecule has 0 saturated carbocycles. The van der Waals surface area contributed by atoms with E-state index >= 15 is 0 Å². The number of nitrogens with one attached hydrogen (secondary N) is 1. The highest BCUT2D eigenvalue weighted by atomic mass is 35.5. The maximum atomic E-state index is 12.5. The lowest BCUT2D eigenvalue weighted by Gasteiger charge is -2.24. The molecule has 0 aromatic heterocycles. The average molecular weight is 392 g/mol. The van der Waals surface area contributed by atoms with Crippen molar-refractivity contribution >= 4 is 23.2 Å². The summed E-state index contributed by atoms with van der Waals surface area (Å²) < 4.78 is 42.8. The minimum atomic E-state index is -4.88. The van der Waals surface area contributed by atoms with Crippen LogP contribution in [-0.2, 0) is 16.1 Å². The molecular formula is C17H21ClF3N3O2. The predicted molar refractivity (Wildman–Crippen MR) is 94.0 cm³/mol. The van der Waals surface area contributed by atoms with Gasteiger partial charge in [-0.05, 0) is 31.6 Å². The van der Waals surface area contributed by atoms with Gasteiger partial charge in [-0.15, -0.1) is 0 Å². The van der Waals surface area contributed by atoms with Crippen molar-refractivity contribution in [2.75, 3.05) is 13.2 Å². The van der Waals surface area contributed by atoms with Crippen molar-refractivity contribution in [3.05, 3.63) is 46.6 Å². The summed E-state index contributed by atoms with van der Waals surface area (Å²) in [4.78, 5) is 13.7. The van der Waals surface area contributed by atoms with Gasteiger partial charge in [0.05, 0.1) is 18.4 Å². The van der Waals surface area contributed by atoms with E-state index in [-0.39, 0.29) is 25.8 Å². The number of alkyl halides is 3. The van der Waals surface area contributed by atoms with Gasteiger partial charge >= 0.3 is 6.18 Å². The van der Waals surface area contributed by atoms with Gasteiger partial charge in [0.2, 0.25) is 0 Å². The van der Waals surface area contributed by atoms with Crippen LogP contribution in [0.3, 0.4) is 0 Å². The first-order chi connectivity index (χ1) is 12.0. The molecule has 1 rings (SSSR count). The standard InChI is InChI=1S/C17H21ClF3N3O2/c1-11(2)26-8-7-24(10-12-5-3-4-6-13(12)18)16(25)14(22)9-15(23)17(19,20)21/h3-6,9,11,23H,7-8,10,22H2,1-2H3/b14-9-,23-15?. The number of amides is 1. The van der Waals surface area contributed by atoms with Crippen molar-refractivity contribution in [1.82, 2.24) is 4.90 Å². The van der Waals surface area contributed by atoms with Gasteiger partial charge in [-0.3, -0.25) is 10.2 Å². The lowest BCUT2D eigenvalue weighted by molar-refractivity contribution is -0.128. The Morgan fingerprint density at radius 2 is 2.00 bits per heavy atom. The van der Waals surface area contributed by atoms with Gasteiger partial charge in [-0.1, -0.05) is 29.8 Å². The van der Waals surface area contributed by atoms with Crippen molar-refractivity contribution < 1.29 is 22.7 Å². The van der Waals surface area contributed by atoms with Gasteiger partial charge in [0, 0.05) is 18.1 Å². The molecule has 0 aliphatic carbocycles. The maximum Gasteiger partial charge on any atom is 0.432 e. The molecule has 0 bridgehead atoms. The number of nitrogens with zero attached hydrogens (tertiary/aromatic N) is 1. The van der Waals surface area contributed by atoms with Crippen LogP contribution in [0.25, 0.3) is 0 Å². The normalized spacial score (nSPS) is 12.3. The van der Waals surface area contributed by atoms with Gasteiger partial charge in [0.1, 0.15) is 5.71 Å². The van der Waals surface area contributed by atoms with Crippen molar-refractivity contribution in [3.8, 4) is 0 Å². The molecule has 1 aromatic carbocycles.